The minimum Gasteiger partial charge on any atom is -0.466 e. The van der Waals surface area contributed by atoms with Crippen LogP contribution in [0.5, 0.6) is 0 Å². The topological polar surface area (TPSA) is 72.6 Å². The second-order valence-electron chi connectivity index (χ2n) is 4.78. The molecular formula is C15H17ClN2O4. The summed E-state index contributed by atoms with van der Waals surface area (Å²) in [5.74, 6) is -0.403. The van der Waals surface area contributed by atoms with Crippen LogP contribution >= 0.6 is 11.6 Å². The number of carbonyl (C=O) groups excluding carboxylic acids is 2. The standard InChI is InChI=1S/C15H17ClN2O4/c1-3-21-13(19)5-4-8-18(2)14(20)10-6-7-11-12(9-10)22-15(16)17-11/h6-7,9H,3-5,8H2,1-2H3. The van der Waals surface area contributed by atoms with Crippen molar-refractivity contribution in [3.8, 4) is 0 Å². The van der Waals surface area contributed by atoms with E-state index in [1.165, 1.54) is 0 Å². The summed E-state index contributed by atoms with van der Waals surface area (Å²) < 4.78 is 10.0. The molecule has 0 atom stereocenters. The van der Waals surface area contributed by atoms with Crippen LogP contribution in [0.25, 0.3) is 11.1 Å². The lowest BCUT2D eigenvalue weighted by Crippen LogP contribution is -2.28. The van der Waals surface area contributed by atoms with Gasteiger partial charge in [0.15, 0.2) is 5.58 Å². The van der Waals surface area contributed by atoms with Crippen LogP contribution in [-0.2, 0) is 9.53 Å². The SMILES string of the molecule is CCOC(=O)CCCN(C)C(=O)c1ccc2nc(Cl)oc2c1. The molecular weight excluding hydrogens is 308 g/mol. The molecule has 0 spiro atoms. The Kier molecular flexibility index (Phi) is 5.38. The molecule has 0 aliphatic carbocycles. The highest BCUT2D eigenvalue weighted by Gasteiger charge is 2.14. The smallest absolute Gasteiger partial charge is 0.305 e. The van der Waals surface area contributed by atoms with Crippen LogP contribution in [0.2, 0.25) is 5.35 Å². The molecule has 118 valence electrons. The van der Waals surface area contributed by atoms with Crippen LogP contribution in [0, 0.1) is 0 Å². The number of esters is 1. The Morgan fingerprint density at radius 2 is 2.18 bits per heavy atom. The molecule has 0 bridgehead atoms. The first-order chi connectivity index (χ1) is 10.5. The van der Waals surface area contributed by atoms with Gasteiger partial charge in [-0.05, 0) is 43.1 Å². The molecule has 1 aromatic heterocycles. The van der Waals surface area contributed by atoms with Crippen molar-refractivity contribution in [3.05, 3.63) is 29.1 Å². The predicted molar refractivity (Wildman–Crippen MR) is 81.8 cm³/mol. The van der Waals surface area contributed by atoms with Crippen molar-refractivity contribution >= 4 is 34.6 Å². The van der Waals surface area contributed by atoms with Gasteiger partial charge in [0, 0.05) is 25.6 Å². The second kappa shape index (κ2) is 7.26. The van der Waals surface area contributed by atoms with E-state index >= 15 is 0 Å². The Morgan fingerprint density at radius 1 is 1.41 bits per heavy atom. The van der Waals surface area contributed by atoms with Gasteiger partial charge in [-0.3, -0.25) is 9.59 Å². The first-order valence-corrected chi connectivity index (χ1v) is 7.36. The first-order valence-electron chi connectivity index (χ1n) is 6.98. The third-order valence-electron chi connectivity index (χ3n) is 3.14. The summed E-state index contributed by atoms with van der Waals surface area (Å²) in [4.78, 5) is 29.1. The third kappa shape index (κ3) is 3.98. The Labute approximate surface area is 133 Å². The molecule has 7 heteroatoms. The van der Waals surface area contributed by atoms with Crippen LogP contribution in [0.15, 0.2) is 22.6 Å². The van der Waals surface area contributed by atoms with Gasteiger partial charge in [-0.25, -0.2) is 0 Å². The molecule has 6 nitrogen and oxygen atoms in total. The second-order valence-corrected chi connectivity index (χ2v) is 5.11. The predicted octanol–water partition coefficient (Wildman–Crippen LogP) is 2.90. The number of fused-ring (bicyclic) bond motifs is 1. The van der Waals surface area contributed by atoms with Gasteiger partial charge in [0.25, 0.3) is 11.3 Å². The van der Waals surface area contributed by atoms with Gasteiger partial charge in [-0.15, -0.1) is 0 Å². The van der Waals surface area contributed by atoms with E-state index in [0.29, 0.717) is 42.7 Å². The van der Waals surface area contributed by atoms with Gasteiger partial charge in [0.1, 0.15) is 5.52 Å². The molecule has 2 aromatic rings. The van der Waals surface area contributed by atoms with Crippen molar-refractivity contribution in [1.82, 2.24) is 9.88 Å². The molecule has 0 saturated heterocycles. The molecule has 1 amide bonds. The number of benzene rings is 1. The Balaban J connectivity index is 1.95. The van der Waals surface area contributed by atoms with E-state index in [9.17, 15) is 9.59 Å². The molecule has 0 aliphatic rings. The number of nitrogens with zero attached hydrogens (tertiary/aromatic N) is 2. The number of amides is 1. The van der Waals surface area contributed by atoms with Crippen molar-refractivity contribution in [2.24, 2.45) is 0 Å². The third-order valence-corrected chi connectivity index (χ3v) is 3.30. The van der Waals surface area contributed by atoms with Gasteiger partial charge in [-0.2, -0.15) is 4.98 Å². The van der Waals surface area contributed by atoms with Gasteiger partial charge < -0.3 is 14.1 Å². The van der Waals surface area contributed by atoms with E-state index in [1.54, 1.807) is 37.1 Å². The Morgan fingerprint density at radius 3 is 2.91 bits per heavy atom. The van der Waals surface area contributed by atoms with Crippen LogP contribution in [0.1, 0.15) is 30.1 Å². The number of oxazole rings is 1. The molecule has 1 heterocycles. The summed E-state index contributed by atoms with van der Waals surface area (Å²) in [5, 5.41) is 0.0439. The maximum absolute atomic E-state index is 12.3. The average molecular weight is 325 g/mol. The molecule has 0 aliphatic heterocycles. The number of hydrogen-bond donors (Lipinski definition) is 0. The highest BCUT2D eigenvalue weighted by molar-refractivity contribution is 6.28. The zero-order chi connectivity index (χ0) is 16.1. The van der Waals surface area contributed by atoms with E-state index < -0.39 is 0 Å². The lowest BCUT2D eigenvalue weighted by atomic mass is 10.2. The monoisotopic (exact) mass is 324 g/mol. The quantitative estimate of drug-likeness (QED) is 0.764. The van der Waals surface area contributed by atoms with Gasteiger partial charge in [-0.1, -0.05) is 0 Å². The maximum atomic E-state index is 12.3. The summed E-state index contributed by atoms with van der Waals surface area (Å²) in [7, 11) is 1.69. The van der Waals surface area contributed by atoms with E-state index in [4.69, 9.17) is 20.8 Å². The van der Waals surface area contributed by atoms with Crippen molar-refractivity contribution in [2.45, 2.75) is 19.8 Å². The molecule has 2 rings (SSSR count). The number of ether oxygens (including phenoxy) is 1. The van der Waals surface area contributed by atoms with Crippen molar-refractivity contribution in [1.29, 1.82) is 0 Å². The lowest BCUT2D eigenvalue weighted by Gasteiger charge is -2.16. The number of rotatable bonds is 6. The average Bonchev–Trinajstić information content (AvgIpc) is 2.85. The van der Waals surface area contributed by atoms with Crippen molar-refractivity contribution in [2.75, 3.05) is 20.2 Å². The minimum atomic E-state index is -0.249. The zero-order valence-corrected chi connectivity index (χ0v) is 13.2. The van der Waals surface area contributed by atoms with E-state index in [0.717, 1.165) is 0 Å². The Bertz CT molecular complexity index is 683. The van der Waals surface area contributed by atoms with Gasteiger partial charge >= 0.3 is 5.97 Å². The number of halogens is 1. The maximum Gasteiger partial charge on any atom is 0.305 e. The van der Waals surface area contributed by atoms with E-state index in [1.807, 2.05) is 0 Å². The summed E-state index contributed by atoms with van der Waals surface area (Å²) >= 11 is 5.68. The molecule has 0 fully saturated rings. The fourth-order valence-corrected chi connectivity index (χ4v) is 2.22. The summed E-state index contributed by atoms with van der Waals surface area (Å²) in [6.07, 6.45) is 0.847. The van der Waals surface area contributed by atoms with Crippen LogP contribution < -0.4 is 0 Å². The zero-order valence-electron chi connectivity index (χ0n) is 12.5. The molecule has 0 saturated carbocycles. The summed E-state index contributed by atoms with van der Waals surface area (Å²) in [6, 6.07) is 4.97. The van der Waals surface area contributed by atoms with Gasteiger partial charge in [0.05, 0.1) is 6.61 Å². The van der Waals surface area contributed by atoms with Crippen LogP contribution in [0.3, 0.4) is 0 Å². The highest BCUT2D eigenvalue weighted by Crippen LogP contribution is 2.20. The van der Waals surface area contributed by atoms with E-state index in [2.05, 4.69) is 4.98 Å². The highest BCUT2D eigenvalue weighted by atomic mass is 35.5. The lowest BCUT2D eigenvalue weighted by molar-refractivity contribution is -0.143. The van der Waals surface area contributed by atoms with E-state index in [-0.39, 0.29) is 17.2 Å². The summed E-state index contributed by atoms with van der Waals surface area (Å²) in [5.41, 5.74) is 1.56. The molecule has 0 unspecified atom stereocenters. The molecule has 22 heavy (non-hydrogen) atoms. The van der Waals surface area contributed by atoms with Crippen molar-refractivity contribution < 1.29 is 18.7 Å². The summed E-state index contributed by atoms with van der Waals surface area (Å²) in [6.45, 7) is 2.60. The molecule has 0 N–H and O–H groups in total. The normalized spacial score (nSPS) is 10.7. The van der Waals surface area contributed by atoms with Crippen molar-refractivity contribution in [3.63, 3.8) is 0 Å². The first kappa shape index (κ1) is 16.3. The largest absolute Gasteiger partial charge is 0.466 e. The minimum absolute atomic E-state index is 0.0439. The van der Waals surface area contributed by atoms with Crippen LogP contribution in [0.4, 0.5) is 0 Å². The number of hydrogen-bond acceptors (Lipinski definition) is 5. The van der Waals surface area contributed by atoms with Crippen LogP contribution in [-0.4, -0.2) is 42.0 Å². The fraction of sp³-hybridized carbons (Fsp3) is 0.400. The Hall–Kier alpha value is -2.08. The molecule has 0 radical (unpaired) electrons. The number of carbonyl (C=O) groups is 2. The van der Waals surface area contributed by atoms with Gasteiger partial charge in [0.2, 0.25) is 0 Å². The number of aromatic nitrogens is 1. The molecule has 1 aromatic carbocycles. The fourth-order valence-electron chi connectivity index (χ4n) is 2.05.